The smallest absolute Gasteiger partial charge is 0.306 e. The fraction of sp³-hybridized carbons (Fsp3) is 0.900. The van der Waals surface area contributed by atoms with Gasteiger partial charge in [-0.15, -0.1) is 0 Å². The average molecular weight is 217 g/mol. The molecule has 14 heavy (non-hydrogen) atoms. The van der Waals surface area contributed by atoms with Gasteiger partial charge in [0.15, 0.2) is 0 Å². The molecule has 0 amide bonds. The van der Waals surface area contributed by atoms with E-state index in [4.69, 9.17) is 4.74 Å². The van der Waals surface area contributed by atoms with Crippen molar-refractivity contribution < 1.29 is 9.53 Å². The first kappa shape index (κ1) is 11.9. The molecule has 0 spiro atoms. The molecule has 1 aliphatic heterocycles. The van der Waals surface area contributed by atoms with Crippen LogP contribution in [-0.2, 0) is 9.53 Å². The van der Waals surface area contributed by atoms with Crippen LogP contribution >= 0.6 is 12.6 Å². The Balaban J connectivity index is 2.33. The lowest BCUT2D eigenvalue weighted by Gasteiger charge is -2.32. The third-order valence-corrected chi connectivity index (χ3v) is 2.64. The third-order valence-electron chi connectivity index (χ3n) is 2.42. The molecule has 3 nitrogen and oxygen atoms in total. The van der Waals surface area contributed by atoms with Gasteiger partial charge < -0.3 is 10.1 Å². The second-order valence-electron chi connectivity index (χ2n) is 4.03. The highest BCUT2D eigenvalue weighted by Gasteiger charge is 2.25. The standard InChI is InChI=1S/C10H19NO2S/c1-7-5-9(6-8(2)11-7)13-10(12)3-4-14/h7-9,11,14H,3-6H2,1-2H3. The van der Waals surface area contributed by atoms with E-state index in [2.05, 4.69) is 31.8 Å². The summed E-state index contributed by atoms with van der Waals surface area (Å²) in [5.41, 5.74) is 0. The van der Waals surface area contributed by atoms with Crippen molar-refractivity contribution in [1.29, 1.82) is 0 Å². The predicted molar refractivity (Wildman–Crippen MR) is 59.6 cm³/mol. The van der Waals surface area contributed by atoms with Crippen molar-refractivity contribution in [3.63, 3.8) is 0 Å². The number of rotatable bonds is 3. The van der Waals surface area contributed by atoms with Crippen LogP contribution in [0, 0.1) is 0 Å². The lowest BCUT2D eigenvalue weighted by atomic mass is 9.98. The summed E-state index contributed by atoms with van der Waals surface area (Å²) in [5.74, 6) is 0.445. The van der Waals surface area contributed by atoms with Gasteiger partial charge in [-0.3, -0.25) is 4.79 Å². The summed E-state index contributed by atoms with van der Waals surface area (Å²) in [6.45, 7) is 4.24. The predicted octanol–water partition coefficient (Wildman–Crippen LogP) is 1.38. The van der Waals surface area contributed by atoms with Crippen LogP contribution in [0.3, 0.4) is 0 Å². The van der Waals surface area contributed by atoms with Gasteiger partial charge in [0.1, 0.15) is 6.10 Å². The van der Waals surface area contributed by atoms with E-state index in [9.17, 15) is 4.79 Å². The van der Waals surface area contributed by atoms with Crippen LogP contribution < -0.4 is 5.32 Å². The molecule has 2 atom stereocenters. The average Bonchev–Trinajstić information content (AvgIpc) is 2.01. The molecule has 1 fully saturated rings. The summed E-state index contributed by atoms with van der Waals surface area (Å²) in [7, 11) is 0. The van der Waals surface area contributed by atoms with Gasteiger partial charge in [-0.2, -0.15) is 12.6 Å². The number of piperidine rings is 1. The molecular formula is C10H19NO2S. The molecule has 0 bridgehead atoms. The van der Waals surface area contributed by atoms with E-state index in [-0.39, 0.29) is 12.1 Å². The molecule has 1 N–H and O–H groups in total. The Morgan fingerprint density at radius 2 is 2.00 bits per heavy atom. The first-order valence-corrected chi connectivity index (χ1v) is 5.81. The van der Waals surface area contributed by atoms with Crippen molar-refractivity contribution in [2.45, 2.75) is 51.3 Å². The van der Waals surface area contributed by atoms with Crippen LogP contribution in [0.2, 0.25) is 0 Å². The second-order valence-corrected chi connectivity index (χ2v) is 4.47. The van der Waals surface area contributed by atoms with Crippen molar-refractivity contribution in [3.05, 3.63) is 0 Å². The molecule has 1 aliphatic rings. The fourth-order valence-electron chi connectivity index (χ4n) is 1.94. The first-order chi connectivity index (χ1) is 6.61. The highest BCUT2D eigenvalue weighted by Crippen LogP contribution is 2.17. The molecule has 0 aliphatic carbocycles. The van der Waals surface area contributed by atoms with Gasteiger partial charge in [0, 0.05) is 17.8 Å². The molecule has 82 valence electrons. The third kappa shape index (κ3) is 3.88. The quantitative estimate of drug-likeness (QED) is 0.554. The number of esters is 1. The number of nitrogens with one attached hydrogen (secondary N) is 1. The maximum Gasteiger partial charge on any atom is 0.306 e. The van der Waals surface area contributed by atoms with E-state index in [0.29, 0.717) is 24.3 Å². The second kappa shape index (κ2) is 5.61. The lowest BCUT2D eigenvalue weighted by Crippen LogP contribution is -2.45. The Kier molecular flexibility index (Phi) is 4.75. The molecule has 1 saturated heterocycles. The number of thiol groups is 1. The van der Waals surface area contributed by atoms with Gasteiger partial charge in [-0.05, 0) is 26.7 Å². The summed E-state index contributed by atoms with van der Waals surface area (Å²) in [6.07, 6.45) is 2.34. The van der Waals surface area contributed by atoms with Crippen LogP contribution in [0.25, 0.3) is 0 Å². The van der Waals surface area contributed by atoms with Crippen molar-refractivity contribution >= 4 is 18.6 Å². The molecule has 1 heterocycles. The first-order valence-electron chi connectivity index (χ1n) is 5.18. The van der Waals surface area contributed by atoms with E-state index < -0.39 is 0 Å². The summed E-state index contributed by atoms with van der Waals surface area (Å²) in [5, 5.41) is 3.41. The molecule has 0 aromatic rings. The van der Waals surface area contributed by atoms with E-state index in [1.807, 2.05) is 0 Å². The molecule has 0 radical (unpaired) electrons. The maximum absolute atomic E-state index is 11.2. The Hall–Kier alpha value is -0.220. The number of carbonyl (C=O) groups excluding carboxylic acids is 1. The summed E-state index contributed by atoms with van der Waals surface area (Å²) in [6, 6.07) is 0.875. The molecular weight excluding hydrogens is 198 g/mol. The van der Waals surface area contributed by atoms with E-state index >= 15 is 0 Å². The fourth-order valence-corrected chi connectivity index (χ4v) is 2.12. The summed E-state index contributed by atoms with van der Waals surface area (Å²) < 4.78 is 5.34. The summed E-state index contributed by atoms with van der Waals surface area (Å²) >= 11 is 4.00. The number of ether oxygens (including phenoxy) is 1. The minimum absolute atomic E-state index is 0.0913. The molecule has 0 aromatic carbocycles. The lowest BCUT2D eigenvalue weighted by molar-refractivity contribution is -0.150. The minimum Gasteiger partial charge on any atom is -0.462 e. The van der Waals surface area contributed by atoms with Crippen molar-refractivity contribution in [1.82, 2.24) is 5.32 Å². The van der Waals surface area contributed by atoms with Gasteiger partial charge in [-0.1, -0.05) is 0 Å². The van der Waals surface area contributed by atoms with Crippen LogP contribution in [0.4, 0.5) is 0 Å². The largest absolute Gasteiger partial charge is 0.462 e. The van der Waals surface area contributed by atoms with Crippen molar-refractivity contribution in [2.24, 2.45) is 0 Å². The number of hydrogen-bond donors (Lipinski definition) is 2. The van der Waals surface area contributed by atoms with Crippen LogP contribution in [-0.4, -0.2) is 29.9 Å². The van der Waals surface area contributed by atoms with Gasteiger partial charge in [0.2, 0.25) is 0 Å². The van der Waals surface area contributed by atoms with Crippen LogP contribution in [0.15, 0.2) is 0 Å². The number of hydrogen-bond acceptors (Lipinski definition) is 4. The minimum atomic E-state index is -0.119. The normalized spacial score (nSPS) is 32.6. The molecule has 2 unspecified atom stereocenters. The van der Waals surface area contributed by atoms with E-state index in [1.165, 1.54) is 0 Å². The van der Waals surface area contributed by atoms with E-state index in [0.717, 1.165) is 12.8 Å². The van der Waals surface area contributed by atoms with Gasteiger partial charge in [0.25, 0.3) is 0 Å². The monoisotopic (exact) mass is 217 g/mol. The molecule has 1 rings (SSSR count). The Labute approximate surface area is 91.0 Å². The zero-order chi connectivity index (χ0) is 10.6. The Morgan fingerprint density at radius 1 is 1.43 bits per heavy atom. The van der Waals surface area contributed by atoms with Crippen molar-refractivity contribution in [2.75, 3.05) is 5.75 Å². The maximum atomic E-state index is 11.2. The van der Waals surface area contributed by atoms with Crippen molar-refractivity contribution in [3.8, 4) is 0 Å². The molecule has 4 heteroatoms. The van der Waals surface area contributed by atoms with Gasteiger partial charge in [-0.25, -0.2) is 0 Å². The zero-order valence-electron chi connectivity index (χ0n) is 8.82. The van der Waals surface area contributed by atoms with Crippen LogP contribution in [0.1, 0.15) is 33.1 Å². The molecule has 0 saturated carbocycles. The topological polar surface area (TPSA) is 38.3 Å². The SMILES string of the molecule is CC1CC(OC(=O)CCS)CC(C)N1. The van der Waals surface area contributed by atoms with Crippen LogP contribution in [0.5, 0.6) is 0 Å². The Morgan fingerprint density at radius 3 is 2.50 bits per heavy atom. The molecule has 0 aromatic heterocycles. The van der Waals surface area contributed by atoms with E-state index in [1.54, 1.807) is 0 Å². The highest BCUT2D eigenvalue weighted by molar-refractivity contribution is 7.80. The Bertz CT molecular complexity index is 189. The van der Waals surface area contributed by atoms with Gasteiger partial charge >= 0.3 is 5.97 Å². The summed E-state index contributed by atoms with van der Waals surface area (Å²) in [4.78, 5) is 11.2. The zero-order valence-corrected chi connectivity index (χ0v) is 9.72. The highest BCUT2D eigenvalue weighted by atomic mass is 32.1. The number of carbonyl (C=O) groups is 1. The van der Waals surface area contributed by atoms with Gasteiger partial charge in [0.05, 0.1) is 6.42 Å².